The third kappa shape index (κ3) is 4.13. The van der Waals surface area contributed by atoms with Crippen LogP contribution in [-0.2, 0) is 4.79 Å². The van der Waals surface area contributed by atoms with Crippen LogP contribution in [-0.4, -0.2) is 49.9 Å². The van der Waals surface area contributed by atoms with Gasteiger partial charge in [0.1, 0.15) is 5.82 Å². The van der Waals surface area contributed by atoms with Gasteiger partial charge in [-0.3, -0.25) is 9.78 Å². The molecule has 27 heavy (non-hydrogen) atoms. The Morgan fingerprint density at radius 1 is 1.19 bits per heavy atom. The summed E-state index contributed by atoms with van der Waals surface area (Å²) in [5, 5.41) is 9.17. The molecule has 0 unspecified atom stereocenters. The molecule has 0 spiro atoms. The number of rotatable bonds is 3. The van der Waals surface area contributed by atoms with Crippen molar-refractivity contribution in [1.82, 2.24) is 19.9 Å². The molecule has 2 aromatic rings. The lowest BCUT2D eigenvalue weighted by atomic mass is 9.95. The molecule has 0 aromatic carbocycles. The third-order valence-corrected chi connectivity index (χ3v) is 4.67. The highest BCUT2D eigenvalue weighted by Gasteiger charge is 2.34. The Bertz CT molecular complexity index is 889. The SMILES string of the molecule is Cc1nc(-c2cncc(C(=O)O)c2)cc([C@H]2CCN(C(=O)C(C)(C)C)C2)n1. The van der Waals surface area contributed by atoms with E-state index in [1.807, 2.05) is 38.7 Å². The second-order valence-electron chi connectivity index (χ2n) is 7.98. The van der Waals surface area contributed by atoms with Crippen LogP contribution in [0.4, 0.5) is 0 Å². The molecule has 142 valence electrons. The van der Waals surface area contributed by atoms with Gasteiger partial charge in [-0.2, -0.15) is 0 Å². The van der Waals surface area contributed by atoms with Crippen molar-refractivity contribution >= 4 is 11.9 Å². The highest BCUT2D eigenvalue weighted by atomic mass is 16.4. The monoisotopic (exact) mass is 368 g/mol. The number of carbonyl (C=O) groups excluding carboxylic acids is 1. The van der Waals surface area contributed by atoms with E-state index < -0.39 is 11.4 Å². The van der Waals surface area contributed by atoms with Gasteiger partial charge in [-0.1, -0.05) is 20.8 Å². The fourth-order valence-corrected chi connectivity index (χ4v) is 3.31. The average Bonchev–Trinajstić information content (AvgIpc) is 3.09. The molecule has 2 aromatic heterocycles. The molecule has 0 bridgehead atoms. The normalized spacial score (nSPS) is 17.2. The molecule has 0 radical (unpaired) electrons. The number of likely N-dealkylation sites (tertiary alicyclic amines) is 1. The zero-order valence-corrected chi connectivity index (χ0v) is 16.1. The first-order valence-electron chi connectivity index (χ1n) is 8.99. The number of hydrogen-bond donors (Lipinski definition) is 1. The number of carbonyl (C=O) groups is 2. The van der Waals surface area contributed by atoms with Crippen molar-refractivity contribution in [1.29, 1.82) is 0 Å². The van der Waals surface area contributed by atoms with Crippen molar-refractivity contribution in [3.8, 4) is 11.3 Å². The van der Waals surface area contributed by atoms with E-state index >= 15 is 0 Å². The molecule has 1 aliphatic heterocycles. The summed E-state index contributed by atoms with van der Waals surface area (Å²) in [4.78, 5) is 38.6. The third-order valence-electron chi connectivity index (χ3n) is 4.67. The van der Waals surface area contributed by atoms with Gasteiger partial charge in [0.25, 0.3) is 0 Å². The predicted octanol–water partition coefficient (Wildman–Crippen LogP) is 2.91. The van der Waals surface area contributed by atoms with Crippen LogP contribution in [0.5, 0.6) is 0 Å². The minimum absolute atomic E-state index is 0.119. The molecule has 7 heteroatoms. The first kappa shape index (κ1) is 18.9. The van der Waals surface area contributed by atoms with E-state index in [0.29, 0.717) is 23.6 Å². The topological polar surface area (TPSA) is 96.3 Å². The fourth-order valence-electron chi connectivity index (χ4n) is 3.31. The summed E-state index contributed by atoms with van der Waals surface area (Å²) < 4.78 is 0. The van der Waals surface area contributed by atoms with Gasteiger partial charge < -0.3 is 10.0 Å². The number of aromatic nitrogens is 3. The summed E-state index contributed by atoms with van der Waals surface area (Å²) in [6.45, 7) is 8.96. The number of carboxylic acids is 1. The van der Waals surface area contributed by atoms with Crippen molar-refractivity contribution in [3.63, 3.8) is 0 Å². The Balaban J connectivity index is 1.88. The average molecular weight is 368 g/mol. The van der Waals surface area contributed by atoms with Crippen LogP contribution in [0.15, 0.2) is 24.5 Å². The molecular weight excluding hydrogens is 344 g/mol. The van der Waals surface area contributed by atoms with Crippen molar-refractivity contribution in [3.05, 3.63) is 41.6 Å². The van der Waals surface area contributed by atoms with Crippen LogP contribution in [0.2, 0.25) is 0 Å². The van der Waals surface area contributed by atoms with Crippen LogP contribution in [0.1, 0.15) is 55.0 Å². The van der Waals surface area contributed by atoms with Gasteiger partial charge in [-0.05, 0) is 25.5 Å². The Kier molecular flexibility index (Phi) is 4.95. The van der Waals surface area contributed by atoms with E-state index in [9.17, 15) is 14.7 Å². The molecule has 1 atom stereocenters. The molecule has 1 amide bonds. The van der Waals surface area contributed by atoms with Crippen molar-refractivity contribution < 1.29 is 14.7 Å². The lowest BCUT2D eigenvalue weighted by Gasteiger charge is -2.25. The van der Waals surface area contributed by atoms with Crippen LogP contribution in [0.25, 0.3) is 11.3 Å². The molecule has 1 saturated heterocycles. The Labute approximate surface area is 158 Å². The second kappa shape index (κ2) is 7.06. The maximum atomic E-state index is 12.5. The summed E-state index contributed by atoms with van der Waals surface area (Å²) in [7, 11) is 0. The minimum atomic E-state index is -1.03. The molecule has 7 nitrogen and oxygen atoms in total. The molecule has 3 rings (SSSR count). The van der Waals surface area contributed by atoms with Gasteiger partial charge in [0, 0.05) is 48.1 Å². The molecule has 0 saturated carbocycles. The lowest BCUT2D eigenvalue weighted by Crippen LogP contribution is -2.37. The Morgan fingerprint density at radius 3 is 2.59 bits per heavy atom. The molecule has 3 heterocycles. The summed E-state index contributed by atoms with van der Waals surface area (Å²) in [6, 6.07) is 3.44. The number of pyridine rings is 1. The van der Waals surface area contributed by atoms with Gasteiger partial charge in [0.2, 0.25) is 5.91 Å². The van der Waals surface area contributed by atoms with E-state index in [-0.39, 0.29) is 17.4 Å². The van der Waals surface area contributed by atoms with Crippen LogP contribution < -0.4 is 0 Å². The van der Waals surface area contributed by atoms with Gasteiger partial charge in [0.05, 0.1) is 11.3 Å². The molecule has 1 fully saturated rings. The van der Waals surface area contributed by atoms with E-state index in [4.69, 9.17) is 0 Å². The first-order valence-corrected chi connectivity index (χ1v) is 8.99. The standard InChI is InChI=1S/C20H24N4O3/c1-12-22-16(13-5-6-24(11-13)19(27)20(2,3)4)8-17(23-12)14-7-15(18(25)26)10-21-9-14/h7-10,13H,5-6,11H2,1-4H3,(H,25,26)/t13-/m0/s1. The van der Waals surface area contributed by atoms with Gasteiger partial charge >= 0.3 is 5.97 Å². The summed E-state index contributed by atoms with van der Waals surface area (Å²) in [5.41, 5.74) is 1.89. The van der Waals surface area contributed by atoms with E-state index in [2.05, 4.69) is 15.0 Å². The fraction of sp³-hybridized carbons (Fsp3) is 0.450. The van der Waals surface area contributed by atoms with Crippen LogP contribution in [0.3, 0.4) is 0 Å². The summed E-state index contributed by atoms with van der Waals surface area (Å²) in [5.74, 6) is -0.118. The highest BCUT2D eigenvalue weighted by Crippen LogP contribution is 2.31. The minimum Gasteiger partial charge on any atom is -0.478 e. The first-order chi connectivity index (χ1) is 12.6. The van der Waals surface area contributed by atoms with Crippen molar-refractivity contribution in [2.45, 2.75) is 40.0 Å². The van der Waals surface area contributed by atoms with Gasteiger partial charge in [-0.25, -0.2) is 14.8 Å². The maximum Gasteiger partial charge on any atom is 0.337 e. The molecule has 1 aliphatic rings. The number of amides is 1. The zero-order valence-electron chi connectivity index (χ0n) is 16.1. The molecular formula is C20H24N4O3. The highest BCUT2D eigenvalue weighted by molar-refractivity contribution is 5.88. The summed E-state index contributed by atoms with van der Waals surface area (Å²) in [6.07, 6.45) is 3.76. The largest absolute Gasteiger partial charge is 0.478 e. The summed E-state index contributed by atoms with van der Waals surface area (Å²) >= 11 is 0. The zero-order chi connectivity index (χ0) is 19.8. The van der Waals surface area contributed by atoms with Crippen molar-refractivity contribution in [2.75, 3.05) is 13.1 Å². The Hall–Kier alpha value is -2.83. The smallest absolute Gasteiger partial charge is 0.337 e. The number of carboxylic acid groups (broad SMARTS) is 1. The van der Waals surface area contributed by atoms with E-state index in [0.717, 1.165) is 18.7 Å². The van der Waals surface area contributed by atoms with Crippen LogP contribution in [0, 0.1) is 12.3 Å². The molecule has 1 N–H and O–H groups in total. The lowest BCUT2D eigenvalue weighted by molar-refractivity contribution is -0.138. The quantitative estimate of drug-likeness (QED) is 0.895. The number of nitrogens with zero attached hydrogens (tertiary/aromatic N) is 4. The molecule has 0 aliphatic carbocycles. The van der Waals surface area contributed by atoms with Crippen molar-refractivity contribution in [2.24, 2.45) is 5.41 Å². The number of aryl methyl sites for hydroxylation is 1. The maximum absolute atomic E-state index is 12.5. The van der Waals surface area contributed by atoms with Gasteiger partial charge in [-0.15, -0.1) is 0 Å². The predicted molar refractivity (Wildman–Crippen MR) is 100 cm³/mol. The Morgan fingerprint density at radius 2 is 1.93 bits per heavy atom. The number of hydrogen-bond acceptors (Lipinski definition) is 5. The van der Waals surface area contributed by atoms with Gasteiger partial charge in [0.15, 0.2) is 0 Å². The second-order valence-corrected chi connectivity index (χ2v) is 7.98. The number of aromatic carboxylic acids is 1. The van der Waals surface area contributed by atoms with E-state index in [1.165, 1.54) is 6.20 Å². The van der Waals surface area contributed by atoms with E-state index in [1.54, 1.807) is 12.3 Å². The van der Waals surface area contributed by atoms with Crippen LogP contribution >= 0.6 is 0 Å².